The number of fused-ring (bicyclic) bond motifs is 4. The molecule has 310 valence electrons. The second-order valence-electron chi connectivity index (χ2n) is 16.8. The number of hydrogen-bond acceptors (Lipinski definition) is 1. The Morgan fingerprint density at radius 2 is 0.803 bits per heavy atom. The van der Waals surface area contributed by atoms with Gasteiger partial charge in [0.2, 0.25) is 0 Å². The topological polar surface area (TPSA) is 8.17 Å². The lowest BCUT2D eigenvalue weighted by Crippen LogP contribution is -2.12. The number of para-hydroxylation sites is 2. The highest BCUT2D eigenvalue weighted by atomic mass is 15.1. The normalized spacial score (nSPS) is 11.3. The SMILES string of the molecule is c1ccc(-c2ccccc2-c2c(-c3ccccc3)cccc2N(c2ccc(-c3cccc4ccccc34)cc2)c2cccc(-c3cccc4c3c3ccccc3n4-c3ccccc3)c2)cc1. The van der Waals surface area contributed by atoms with Crippen LogP contribution in [0.3, 0.4) is 0 Å². The minimum Gasteiger partial charge on any atom is -0.310 e. The van der Waals surface area contributed by atoms with Gasteiger partial charge in [-0.3, -0.25) is 0 Å². The molecular formula is C64H44N2. The Bertz CT molecular complexity index is 3680. The van der Waals surface area contributed by atoms with Gasteiger partial charge in [-0.1, -0.05) is 212 Å². The number of hydrogen-bond donors (Lipinski definition) is 0. The van der Waals surface area contributed by atoms with E-state index in [0.29, 0.717) is 0 Å². The van der Waals surface area contributed by atoms with E-state index in [4.69, 9.17) is 0 Å². The largest absolute Gasteiger partial charge is 0.310 e. The smallest absolute Gasteiger partial charge is 0.0547 e. The Morgan fingerprint density at radius 3 is 1.59 bits per heavy atom. The average molecular weight is 841 g/mol. The molecule has 0 saturated carbocycles. The van der Waals surface area contributed by atoms with Crippen molar-refractivity contribution in [3.63, 3.8) is 0 Å². The standard InChI is InChI=1S/C64H44N2/c1-4-20-45(21-5-1)55-31-12-13-32-58(55)63-56(47-22-6-2-7-23-47)35-18-38-61(63)65(51-42-40-48(41-43-51)54-34-17-25-46-24-10-11-30-53(46)54)52-29-16-26-49(44-52)57-36-19-39-62-64(57)59-33-14-15-37-60(59)66(62)50-27-8-3-9-28-50/h1-44H. The number of anilines is 3. The van der Waals surface area contributed by atoms with Gasteiger partial charge in [-0.25, -0.2) is 0 Å². The van der Waals surface area contributed by atoms with Gasteiger partial charge in [0, 0.05) is 33.4 Å². The maximum Gasteiger partial charge on any atom is 0.0547 e. The van der Waals surface area contributed by atoms with Gasteiger partial charge in [0.25, 0.3) is 0 Å². The highest BCUT2D eigenvalue weighted by molar-refractivity contribution is 6.16. The first-order valence-corrected chi connectivity index (χ1v) is 22.7. The van der Waals surface area contributed by atoms with E-state index in [-0.39, 0.29) is 0 Å². The molecule has 66 heavy (non-hydrogen) atoms. The van der Waals surface area contributed by atoms with Crippen LogP contribution in [0.2, 0.25) is 0 Å². The number of aromatic nitrogens is 1. The van der Waals surface area contributed by atoms with Crippen molar-refractivity contribution in [2.45, 2.75) is 0 Å². The van der Waals surface area contributed by atoms with Crippen LogP contribution in [0.4, 0.5) is 17.1 Å². The number of nitrogens with zero attached hydrogens (tertiary/aromatic N) is 2. The van der Waals surface area contributed by atoms with Crippen LogP contribution < -0.4 is 4.90 Å². The Labute approximate surface area is 385 Å². The van der Waals surface area contributed by atoms with Gasteiger partial charge in [0.1, 0.15) is 0 Å². The maximum absolute atomic E-state index is 2.47. The van der Waals surface area contributed by atoms with Gasteiger partial charge in [-0.15, -0.1) is 0 Å². The van der Waals surface area contributed by atoms with Gasteiger partial charge in [-0.05, 0) is 115 Å². The molecule has 12 rings (SSSR count). The van der Waals surface area contributed by atoms with E-state index in [0.717, 1.165) is 28.3 Å². The fourth-order valence-electron chi connectivity index (χ4n) is 10.1. The summed E-state index contributed by atoms with van der Waals surface area (Å²) in [5.41, 5.74) is 18.5. The molecular weight excluding hydrogens is 797 g/mol. The van der Waals surface area contributed by atoms with Crippen molar-refractivity contribution >= 4 is 49.6 Å². The second kappa shape index (κ2) is 16.8. The lowest BCUT2D eigenvalue weighted by atomic mass is 9.87. The van der Waals surface area contributed by atoms with Crippen molar-refractivity contribution < 1.29 is 0 Å². The monoisotopic (exact) mass is 840 g/mol. The van der Waals surface area contributed by atoms with Crippen LogP contribution in [0.25, 0.3) is 93.9 Å². The van der Waals surface area contributed by atoms with E-state index in [1.54, 1.807) is 0 Å². The molecule has 0 unspecified atom stereocenters. The molecule has 0 amide bonds. The third-order valence-electron chi connectivity index (χ3n) is 13.0. The quantitative estimate of drug-likeness (QED) is 0.141. The lowest BCUT2D eigenvalue weighted by Gasteiger charge is -2.30. The van der Waals surface area contributed by atoms with Gasteiger partial charge in [0.05, 0.1) is 16.7 Å². The highest BCUT2D eigenvalue weighted by Crippen LogP contribution is 2.49. The molecule has 0 aliphatic rings. The Kier molecular flexibility index (Phi) is 9.89. The molecule has 0 aliphatic heterocycles. The van der Waals surface area contributed by atoms with Crippen LogP contribution in [0.15, 0.2) is 267 Å². The van der Waals surface area contributed by atoms with Crippen molar-refractivity contribution in [3.05, 3.63) is 267 Å². The summed E-state index contributed by atoms with van der Waals surface area (Å²) in [5.74, 6) is 0. The molecule has 11 aromatic carbocycles. The molecule has 2 nitrogen and oxygen atoms in total. The van der Waals surface area contributed by atoms with E-state index in [1.165, 1.54) is 82.6 Å². The zero-order valence-electron chi connectivity index (χ0n) is 36.3. The third-order valence-corrected chi connectivity index (χ3v) is 13.0. The van der Waals surface area contributed by atoms with Crippen molar-refractivity contribution in [3.8, 4) is 61.3 Å². The Balaban J connectivity index is 1.11. The molecule has 0 bridgehead atoms. The van der Waals surface area contributed by atoms with Crippen LogP contribution in [-0.4, -0.2) is 4.57 Å². The van der Waals surface area contributed by atoms with Crippen molar-refractivity contribution in [2.24, 2.45) is 0 Å². The first-order chi connectivity index (χ1) is 32.8. The number of rotatable bonds is 9. The average Bonchev–Trinajstić information content (AvgIpc) is 3.74. The van der Waals surface area contributed by atoms with E-state index < -0.39 is 0 Å². The summed E-state index contributed by atoms with van der Waals surface area (Å²) in [4.78, 5) is 2.47. The van der Waals surface area contributed by atoms with Gasteiger partial charge >= 0.3 is 0 Å². The van der Waals surface area contributed by atoms with E-state index in [2.05, 4.69) is 276 Å². The molecule has 1 aromatic heterocycles. The summed E-state index contributed by atoms with van der Waals surface area (Å²) in [5, 5.41) is 4.95. The minimum absolute atomic E-state index is 1.07. The molecule has 0 atom stereocenters. The van der Waals surface area contributed by atoms with E-state index in [1.807, 2.05) is 0 Å². The minimum atomic E-state index is 1.07. The van der Waals surface area contributed by atoms with Gasteiger partial charge in [-0.2, -0.15) is 0 Å². The molecule has 1 heterocycles. The van der Waals surface area contributed by atoms with Gasteiger partial charge < -0.3 is 9.47 Å². The summed E-state index contributed by atoms with van der Waals surface area (Å²) >= 11 is 0. The molecule has 0 fully saturated rings. The highest BCUT2D eigenvalue weighted by Gasteiger charge is 2.24. The first-order valence-electron chi connectivity index (χ1n) is 22.7. The second-order valence-corrected chi connectivity index (χ2v) is 16.8. The van der Waals surface area contributed by atoms with Crippen LogP contribution in [0.5, 0.6) is 0 Å². The summed E-state index contributed by atoms with van der Waals surface area (Å²) in [6, 6.07) is 97.0. The maximum atomic E-state index is 2.47. The zero-order valence-corrected chi connectivity index (χ0v) is 36.3. The fraction of sp³-hybridized carbons (Fsp3) is 0. The van der Waals surface area contributed by atoms with Crippen molar-refractivity contribution in [1.82, 2.24) is 4.57 Å². The summed E-state index contributed by atoms with van der Waals surface area (Å²) in [6.45, 7) is 0. The Morgan fingerprint density at radius 1 is 0.288 bits per heavy atom. The molecule has 2 heteroatoms. The molecule has 0 saturated heterocycles. The predicted octanol–water partition coefficient (Wildman–Crippen LogP) is 17.7. The summed E-state index contributed by atoms with van der Waals surface area (Å²) in [6.07, 6.45) is 0. The van der Waals surface area contributed by atoms with Crippen LogP contribution in [0, 0.1) is 0 Å². The first kappa shape index (κ1) is 38.9. The third kappa shape index (κ3) is 6.84. The van der Waals surface area contributed by atoms with Crippen LogP contribution in [-0.2, 0) is 0 Å². The van der Waals surface area contributed by atoms with Gasteiger partial charge in [0.15, 0.2) is 0 Å². The molecule has 0 aliphatic carbocycles. The van der Waals surface area contributed by atoms with Crippen LogP contribution in [0.1, 0.15) is 0 Å². The van der Waals surface area contributed by atoms with Crippen molar-refractivity contribution in [2.75, 3.05) is 4.90 Å². The van der Waals surface area contributed by atoms with Crippen molar-refractivity contribution in [1.29, 1.82) is 0 Å². The molecule has 0 radical (unpaired) electrons. The molecule has 0 N–H and O–H groups in total. The molecule has 0 spiro atoms. The predicted molar refractivity (Wildman–Crippen MR) is 280 cm³/mol. The summed E-state index contributed by atoms with van der Waals surface area (Å²) in [7, 11) is 0. The number of benzene rings is 11. The van der Waals surface area contributed by atoms with E-state index in [9.17, 15) is 0 Å². The Hall–Kier alpha value is -8.72. The van der Waals surface area contributed by atoms with E-state index >= 15 is 0 Å². The lowest BCUT2D eigenvalue weighted by molar-refractivity contribution is 1.18. The molecule has 12 aromatic rings. The van der Waals surface area contributed by atoms with Crippen LogP contribution >= 0.6 is 0 Å². The zero-order chi connectivity index (χ0) is 43.8. The fourth-order valence-corrected chi connectivity index (χ4v) is 10.1. The summed E-state index contributed by atoms with van der Waals surface area (Å²) < 4.78 is 2.40.